The van der Waals surface area contributed by atoms with E-state index in [1.165, 1.54) is 19.1 Å². The quantitative estimate of drug-likeness (QED) is 0.578. The molecule has 1 atom stereocenters. The number of nitrogens with zero attached hydrogens (tertiary/aromatic N) is 1. The van der Waals surface area contributed by atoms with Crippen LogP contribution in [0.3, 0.4) is 0 Å². The van der Waals surface area contributed by atoms with Crippen LogP contribution in [0.25, 0.3) is 0 Å². The molecule has 0 spiro atoms. The van der Waals surface area contributed by atoms with Gasteiger partial charge in [0.1, 0.15) is 5.82 Å². The van der Waals surface area contributed by atoms with Crippen LogP contribution in [-0.4, -0.2) is 35.9 Å². The van der Waals surface area contributed by atoms with Crippen LogP contribution in [-0.2, 0) is 16.1 Å². The third kappa shape index (κ3) is 5.78. The highest BCUT2D eigenvalue weighted by Gasteiger charge is 2.29. The lowest BCUT2D eigenvalue weighted by Crippen LogP contribution is -2.34. The molecule has 7 nitrogen and oxygen atoms in total. The SMILES string of the molecule is CC(=O)Oc1ccccc1NC(=O)NCC1CC(=O)N(Cc2ccc(F)cc2)C1. The molecule has 1 unspecified atom stereocenters. The molecule has 8 heteroatoms. The van der Waals surface area contributed by atoms with Gasteiger partial charge < -0.3 is 20.3 Å². The number of likely N-dealkylation sites (tertiary alicyclic amines) is 1. The van der Waals surface area contributed by atoms with E-state index in [4.69, 9.17) is 4.74 Å². The Morgan fingerprint density at radius 2 is 1.90 bits per heavy atom. The first-order chi connectivity index (χ1) is 13.9. The number of nitrogens with one attached hydrogen (secondary N) is 2. The number of benzene rings is 2. The van der Waals surface area contributed by atoms with Gasteiger partial charge in [-0.1, -0.05) is 24.3 Å². The third-order valence-corrected chi connectivity index (χ3v) is 4.52. The molecule has 2 N–H and O–H groups in total. The van der Waals surface area contributed by atoms with Gasteiger partial charge in [0.15, 0.2) is 5.75 Å². The zero-order chi connectivity index (χ0) is 20.8. The summed E-state index contributed by atoms with van der Waals surface area (Å²) >= 11 is 0. The molecule has 1 aliphatic rings. The van der Waals surface area contributed by atoms with Crippen LogP contribution >= 0.6 is 0 Å². The lowest BCUT2D eigenvalue weighted by molar-refractivity contribution is -0.132. The van der Waals surface area contributed by atoms with Gasteiger partial charge >= 0.3 is 12.0 Å². The molecule has 1 saturated heterocycles. The molecule has 1 aliphatic heterocycles. The van der Waals surface area contributed by atoms with E-state index in [9.17, 15) is 18.8 Å². The van der Waals surface area contributed by atoms with E-state index in [1.807, 2.05) is 0 Å². The van der Waals surface area contributed by atoms with Gasteiger partial charge in [-0.3, -0.25) is 9.59 Å². The predicted molar refractivity (Wildman–Crippen MR) is 105 cm³/mol. The van der Waals surface area contributed by atoms with Crippen molar-refractivity contribution in [2.45, 2.75) is 19.9 Å². The summed E-state index contributed by atoms with van der Waals surface area (Å²) in [7, 11) is 0. The maximum atomic E-state index is 13.0. The van der Waals surface area contributed by atoms with Crippen LogP contribution in [0.4, 0.5) is 14.9 Å². The van der Waals surface area contributed by atoms with Gasteiger partial charge in [-0.15, -0.1) is 0 Å². The van der Waals surface area contributed by atoms with Crippen molar-refractivity contribution in [3.05, 3.63) is 59.9 Å². The largest absolute Gasteiger partial charge is 0.424 e. The van der Waals surface area contributed by atoms with E-state index in [2.05, 4.69) is 10.6 Å². The number of hydrogen-bond acceptors (Lipinski definition) is 4. The van der Waals surface area contributed by atoms with Gasteiger partial charge in [0.2, 0.25) is 5.91 Å². The molecule has 29 heavy (non-hydrogen) atoms. The molecular weight excluding hydrogens is 377 g/mol. The van der Waals surface area contributed by atoms with Crippen molar-refractivity contribution in [3.8, 4) is 5.75 Å². The Kier molecular flexibility index (Phi) is 6.43. The maximum absolute atomic E-state index is 13.0. The lowest BCUT2D eigenvalue weighted by Gasteiger charge is -2.17. The molecule has 0 aromatic heterocycles. The van der Waals surface area contributed by atoms with Gasteiger partial charge in [0.05, 0.1) is 5.69 Å². The number of carbonyl (C=O) groups is 3. The second-order valence-electron chi connectivity index (χ2n) is 6.90. The average molecular weight is 399 g/mol. The summed E-state index contributed by atoms with van der Waals surface area (Å²) in [6.07, 6.45) is 0.339. The summed E-state index contributed by atoms with van der Waals surface area (Å²) in [4.78, 5) is 37.3. The molecule has 0 aliphatic carbocycles. The first-order valence-corrected chi connectivity index (χ1v) is 9.25. The van der Waals surface area contributed by atoms with Gasteiger partial charge in [0, 0.05) is 38.9 Å². The van der Waals surface area contributed by atoms with Gasteiger partial charge in [-0.25, -0.2) is 9.18 Å². The number of amides is 3. The van der Waals surface area contributed by atoms with Crippen LogP contribution in [0, 0.1) is 11.7 Å². The second-order valence-corrected chi connectivity index (χ2v) is 6.90. The summed E-state index contributed by atoms with van der Waals surface area (Å²) in [6, 6.07) is 12.2. The first-order valence-electron chi connectivity index (χ1n) is 9.25. The summed E-state index contributed by atoms with van der Waals surface area (Å²) in [5.74, 6) is -0.550. The Labute approximate surface area is 167 Å². The van der Waals surface area contributed by atoms with E-state index in [0.29, 0.717) is 31.7 Å². The molecule has 2 aromatic carbocycles. The maximum Gasteiger partial charge on any atom is 0.319 e. The normalized spacial score (nSPS) is 15.9. The minimum atomic E-state index is -0.481. The smallest absolute Gasteiger partial charge is 0.319 e. The van der Waals surface area contributed by atoms with Crippen LogP contribution in [0.2, 0.25) is 0 Å². The lowest BCUT2D eigenvalue weighted by atomic mass is 10.1. The molecule has 1 heterocycles. The topological polar surface area (TPSA) is 87.7 Å². The Hall–Kier alpha value is -3.42. The highest BCUT2D eigenvalue weighted by Crippen LogP contribution is 2.24. The number of carbonyl (C=O) groups excluding carboxylic acids is 3. The monoisotopic (exact) mass is 399 g/mol. The van der Waals surface area contributed by atoms with Crippen molar-refractivity contribution in [2.24, 2.45) is 5.92 Å². The third-order valence-electron chi connectivity index (χ3n) is 4.52. The Bertz CT molecular complexity index is 901. The van der Waals surface area contributed by atoms with Crippen molar-refractivity contribution in [1.29, 1.82) is 0 Å². The minimum Gasteiger partial charge on any atom is -0.424 e. The van der Waals surface area contributed by atoms with Crippen LogP contribution in [0.5, 0.6) is 5.75 Å². The summed E-state index contributed by atoms with van der Waals surface area (Å²) in [5, 5.41) is 5.39. The van der Waals surface area contributed by atoms with Crippen LogP contribution in [0.1, 0.15) is 18.9 Å². The van der Waals surface area contributed by atoms with Crippen molar-refractivity contribution in [2.75, 3.05) is 18.4 Å². The highest BCUT2D eigenvalue weighted by molar-refractivity contribution is 5.91. The zero-order valence-electron chi connectivity index (χ0n) is 16.0. The second kappa shape index (κ2) is 9.18. The molecule has 0 radical (unpaired) electrons. The number of urea groups is 1. The van der Waals surface area contributed by atoms with E-state index in [-0.39, 0.29) is 23.4 Å². The molecule has 0 saturated carbocycles. The Balaban J connectivity index is 1.49. The minimum absolute atomic E-state index is 0.00161. The number of para-hydroxylation sites is 2. The zero-order valence-corrected chi connectivity index (χ0v) is 16.0. The van der Waals surface area contributed by atoms with Crippen molar-refractivity contribution < 1.29 is 23.5 Å². The molecule has 3 rings (SSSR count). The van der Waals surface area contributed by atoms with Crippen LogP contribution in [0.15, 0.2) is 48.5 Å². The number of ether oxygens (including phenoxy) is 1. The van der Waals surface area contributed by atoms with E-state index >= 15 is 0 Å². The number of hydrogen-bond donors (Lipinski definition) is 2. The first kappa shape index (κ1) is 20.3. The summed E-state index contributed by atoms with van der Waals surface area (Å²) in [6.45, 7) is 2.54. The summed E-state index contributed by atoms with van der Waals surface area (Å²) in [5.41, 5.74) is 1.23. The Morgan fingerprint density at radius 3 is 2.62 bits per heavy atom. The van der Waals surface area contributed by atoms with E-state index < -0.39 is 12.0 Å². The number of halogens is 1. The molecule has 3 amide bonds. The van der Waals surface area contributed by atoms with Gasteiger partial charge in [0.25, 0.3) is 0 Å². The molecule has 152 valence electrons. The molecule has 2 aromatic rings. The fourth-order valence-corrected chi connectivity index (χ4v) is 3.17. The number of esters is 1. The summed E-state index contributed by atoms with van der Waals surface area (Å²) < 4.78 is 18.1. The molecule has 0 bridgehead atoms. The fourth-order valence-electron chi connectivity index (χ4n) is 3.17. The van der Waals surface area contributed by atoms with Crippen molar-refractivity contribution in [3.63, 3.8) is 0 Å². The van der Waals surface area contributed by atoms with E-state index in [0.717, 1.165) is 5.56 Å². The Morgan fingerprint density at radius 1 is 1.17 bits per heavy atom. The molecular formula is C21H22FN3O4. The standard InChI is InChI=1S/C21H22FN3O4/c1-14(26)29-19-5-3-2-4-18(19)24-21(28)23-11-16-10-20(27)25(13-16)12-15-6-8-17(22)9-7-15/h2-9,16H,10-13H2,1H3,(H2,23,24,28). The van der Waals surface area contributed by atoms with Gasteiger partial charge in [-0.05, 0) is 29.8 Å². The van der Waals surface area contributed by atoms with E-state index in [1.54, 1.807) is 41.3 Å². The number of rotatable bonds is 6. The van der Waals surface area contributed by atoms with Crippen molar-refractivity contribution in [1.82, 2.24) is 10.2 Å². The van der Waals surface area contributed by atoms with Crippen molar-refractivity contribution >= 4 is 23.6 Å². The van der Waals surface area contributed by atoms with Crippen LogP contribution < -0.4 is 15.4 Å². The predicted octanol–water partition coefficient (Wildman–Crippen LogP) is 2.92. The fraction of sp³-hybridized carbons (Fsp3) is 0.286. The highest BCUT2D eigenvalue weighted by atomic mass is 19.1. The average Bonchev–Trinajstić information content (AvgIpc) is 3.02. The number of anilines is 1. The molecule has 1 fully saturated rings. The van der Waals surface area contributed by atoms with Gasteiger partial charge in [-0.2, -0.15) is 0 Å².